The molecule has 0 saturated heterocycles. The second kappa shape index (κ2) is 21.2. The zero-order valence-corrected chi connectivity index (χ0v) is 31.2. The fraction of sp³-hybridized carbons (Fsp3) is 0.571. The zero-order chi connectivity index (χ0) is 31.5. The van der Waals surface area contributed by atoms with Gasteiger partial charge in [-0.2, -0.15) is 0 Å². The first kappa shape index (κ1) is 36.2. The van der Waals surface area contributed by atoms with Crippen LogP contribution in [0.2, 0.25) is 0 Å². The first-order chi connectivity index (χ1) is 22.2. The molecule has 3 aromatic heterocycles. The maximum absolute atomic E-state index is 2.53. The molecule has 0 bridgehead atoms. The quantitative estimate of drug-likeness (QED) is 0.0656. The highest BCUT2D eigenvalue weighted by atomic mass is 32.1. The Kier molecular flexibility index (Phi) is 17.1. The maximum atomic E-state index is 2.53. The standard InChI is InChI=1S/C42H60S3/c1-4-7-10-13-16-19-22-34-25-28-43-40(34)37-31-38(41-35(26-29-44-41)23-20-17-14-11-8-5-2)33-39(32-37)42-36(27-30-45-42)24-21-18-15-12-9-6-3/h25-33H,4-24H2,1-3H3. The van der Waals surface area contributed by atoms with Crippen molar-refractivity contribution in [3.8, 4) is 31.3 Å². The molecule has 0 atom stereocenters. The van der Waals surface area contributed by atoms with E-state index < -0.39 is 0 Å². The summed E-state index contributed by atoms with van der Waals surface area (Å²) in [4.78, 5) is 4.49. The van der Waals surface area contributed by atoms with Crippen LogP contribution in [0, 0.1) is 0 Å². The van der Waals surface area contributed by atoms with Gasteiger partial charge in [-0.05, 0) is 124 Å². The molecule has 1 aromatic carbocycles. The van der Waals surface area contributed by atoms with Gasteiger partial charge in [0.15, 0.2) is 0 Å². The topological polar surface area (TPSA) is 0 Å². The molecule has 3 heterocycles. The third-order valence-corrected chi connectivity index (χ3v) is 12.4. The molecule has 0 unspecified atom stereocenters. The average molecular weight is 661 g/mol. The van der Waals surface area contributed by atoms with Crippen molar-refractivity contribution in [1.82, 2.24) is 0 Å². The molecule has 0 fully saturated rings. The number of unbranched alkanes of at least 4 members (excludes halogenated alkanes) is 15. The normalized spacial score (nSPS) is 11.5. The smallest absolute Gasteiger partial charge is 0.0375 e. The predicted molar refractivity (Wildman–Crippen MR) is 208 cm³/mol. The van der Waals surface area contributed by atoms with Crippen LogP contribution in [0.5, 0.6) is 0 Å². The van der Waals surface area contributed by atoms with Crippen molar-refractivity contribution in [2.45, 2.75) is 156 Å². The lowest BCUT2D eigenvalue weighted by molar-refractivity contribution is 0.608. The molecule has 0 aliphatic heterocycles. The number of hydrogen-bond acceptors (Lipinski definition) is 3. The molecule has 4 aromatic rings. The molecular formula is C42H60S3. The fourth-order valence-electron chi connectivity index (χ4n) is 6.67. The Morgan fingerprint density at radius 2 is 0.622 bits per heavy atom. The molecule has 0 radical (unpaired) electrons. The minimum atomic E-state index is 1.20. The molecule has 0 nitrogen and oxygen atoms in total. The monoisotopic (exact) mass is 660 g/mol. The first-order valence-electron chi connectivity index (χ1n) is 18.6. The van der Waals surface area contributed by atoms with Crippen molar-refractivity contribution in [3.05, 3.63) is 69.2 Å². The summed E-state index contributed by atoms with van der Waals surface area (Å²) in [7, 11) is 0. The van der Waals surface area contributed by atoms with Crippen molar-refractivity contribution in [3.63, 3.8) is 0 Å². The minimum absolute atomic E-state index is 1.20. The lowest BCUT2D eigenvalue weighted by Crippen LogP contribution is -1.92. The van der Waals surface area contributed by atoms with Crippen LogP contribution in [-0.4, -0.2) is 0 Å². The van der Waals surface area contributed by atoms with E-state index in [4.69, 9.17) is 0 Å². The van der Waals surface area contributed by atoms with Crippen LogP contribution in [-0.2, 0) is 19.3 Å². The van der Waals surface area contributed by atoms with E-state index in [2.05, 4.69) is 73.3 Å². The molecule has 246 valence electrons. The van der Waals surface area contributed by atoms with Crippen LogP contribution in [0.3, 0.4) is 0 Å². The highest BCUT2D eigenvalue weighted by molar-refractivity contribution is 7.14. The van der Waals surface area contributed by atoms with Crippen molar-refractivity contribution >= 4 is 34.0 Å². The molecule has 45 heavy (non-hydrogen) atoms. The van der Waals surface area contributed by atoms with Gasteiger partial charge in [-0.3, -0.25) is 0 Å². The van der Waals surface area contributed by atoms with Crippen molar-refractivity contribution in [2.75, 3.05) is 0 Å². The van der Waals surface area contributed by atoms with Crippen LogP contribution in [0.15, 0.2) is 52.5 Å². The van der Waals surface area contributed by atoms with E-state index in [-0.39, 0.29) is 0 Å². The Morgan fingerprint density at radius 1 is 0.356 bits per heavy atom. The largest absolute Gasteiger partial charge is 0.144 e. The second-order valence-electron chi connectivity index (χ2n) is 13.2. The summed E-state index contributed by atoms with van der Waals surface area (Å²) in [6.07, 6.45) is 28.0. The summed E-state index contributed by atoms with van der Waals surface area (Å²) in [5.74, 6) is 0. The average Bonchev–Trinajstić information content (AvgIpc) is 3.84. The van der Waals surface area contributed by atoms with Crippen molar-refractivity contribution < 1.29 is 0 Å². The Balaban J connectivity index is 1.57. The fourth-order valence-corrected chi connectivity index (χ4v) is 9.50. The SMILES string of the molecule is CCCCCCCCc1ccsc1-c1cc(-c2sccc2CCCCCCCC)cc(-c2sccc2CCCCCCCC)c1. The van der Waals surface area contributed by atoms with Gasteiger partial charge >= 0.3 is 0 Å². The van der Waals surface area contributed by atoms with E-state index in [1.165, 1.54) is 166 Å². The molecule has 0 aliphatic rings. The van der Waals surface area contributed by atoms with Crippen LogP contribution in [0.1, 0.15) is 153 Å². The van der Waals surface area contributed by atoms with Crippen LogP contribution in [0.4, 0.5) is 0 Å². The Morgan fingerprint density at radius 3 is 0.911 bits per heavy atom. The van der Waals surface area contributed by atoms with E-state index >= 15 is 0 Å². The lowest BCUT2D eigenvalue weighted by atomic mass is 9.95. The van der Waals surface area contributed by atoms with Crippen LogP contribution in [0.25, 0.3) is 31.3 Å². The Hall–Kier alpha value is -1.68. The minimum Gasteiger partial charge on any atom is -0.144 e. The van der Waals surface area contributed by atoms with E-state index in [1.54, 1.807) is 16.7 Å². The molecular weight excluding hydrogens is 601 g/mol. The molecule has 0 saturated carbocycles. The summed E-state index contributed by atoms with van der Waals surface area (Å²) in [5.41, 5.74) is 8.94. The van der Waals surface area contributed by atoms with Gasteiger partial charge < -0.3 is 0 Å². The summed E-state index contributed by atoms with van der Waals surface area (Å²) in [5, 5.41) is 7.00. The van der Waals surface area contributed by atoms with Crippen molar-refractivity contribution in [2.24, 2.45) is 0 Å². The van der Waals surface area contributed by atoms with Crippen LogP contribution >= 0.6 is 34.0 Å². The van der Waals surface area contributed by atoms with Gasteiger partial charge in [-0.15, -0.1) is 34.0 Å². The molecule has 0 amide bonds. The lowest BCUT2D eigenvalue weighted by Gasteiger charge is -2.13. The molecule has 0 aliphatic carbocycles. The number of aryl methyl sites for hydroxylation is 3. The van der Waals surface area contributed by atoms with Gasteiger partial charge in [-0.1, -0.05) is 117 Å². The van der Waals surface area contributed by atoms with Gasteiger partial charge in [0, 0.05) is 14.6 Å². The third-order valence-electron chi connectivity index (χ3n) is 9.36. The number of hydrogen-bond donors (Lipinski definition) is 0. The highest BCUT2D eigenvalue weighted by Gasteiger charge is 2.16. The maximum Gasteiger partial charge on any atom is 0.0375 e. The van der Waals surface area contributed by atoms with Gasteiger partial charge in [0.2, 0.25) is 0 Å². The van der Waals surface area contributed by atoms with E-state index in [9.17, 15) is 0 Å². The molecule has 0 spiro atoms. The molecule has 4 rings (SSSR count). The van der Waals surface area contributed by atoms with Gasteiger partial charge in [-0.25, -0.2) is 0 Å². The van der Waals surface area contributed by atoms with Gasteiger partial charge in [0.25, 0.3) is 0 Å². The molecule has 3 heteroatoms. The van der Waals surface area contributed by atoms with E-state index in [0.717, 1.165) is 0 Å². The Bertz CT molecular complexity index is 1160. The number of thiophene rings is 3. The number of benzene rings is 1. The summed E-state index contributed by atoms with van der Waals surface area (Å²) in [6.45, 7) is 6.92. The van der Waals surface area contributed by atoms with Gasteiger partial charge in [0.05, 0.1) is 0 Å². The molecule has 0 N–H and O–H groups in total. The number of rotatable bonds is 24. The van der Waals surface area contributed by atoms with Gasteiger partial charge in [0.1, 0.15) is 0 Å². The predicted octanol–water partition coefficient (Wildman–Crippen LogP) is 15.6. The zero-order valence-electron chi connectivity index (χ0n) is 28.8. The highest BCUT2D eigenvalue weighted by Crippen LogP contribution is 2.42. The Labute approximate surface area is 288 Å². The second-order valence-corrected chi connectivity index (χ2v) is 15.9. The summed E-state index contributed by atoms with van der Waals surface area (Å²) < 4.78 is 0. The van der Waals surface area contributed by atoms with E-state index in [1.807, 2.05) is 34.0 Å². The summed E-state index contributed by atoms with van der Waals surface area (Å²) in [6, 6.07) is 14.8. The van der Waals surface area contributed by atoms with Crippen molar-refractivity contribution in [1.29, 1.82) is 0 Å². The first-order valence-corrected chi connectivity index (χ1v) is 21.2. The van der Waals surface area contributed by atoms with E-state index in [0.29, 0.717) is 0 Å². The summed E-state index contributed by atoms with van der Waals surface area (Å²) >= 11 is 5.84. The third kappa shape index (κ3) is 11.8. The van der Waals surface area contributed by atoms with Crippen LogP contribution < -0.4 is 0 Å².